The first kappa shape index (κ1) is 12.7. The molecule has 0 heterocycles. The van der Waals surface area contributed by atoms with Crippen molar-refractivity contribution >= 4 is 11.6 Å². The predicted octanol–water partition coefficient (Wildman–Crippen LogP) is 2.48. The summed E-state index contributed by atoms with van der Waals surface area (Å²) >= 11 is 5.78. The van der Waals surface area contributed by atoms with Crippen LogP contribution in [0.2, 0.25) is 0 Å². The minimum absolute atomic E-state index is 0.388. The van der Waals surface area contributed by atoms with Gasteiger partial charge in [-0.3, -0.25) is 4.90 Å². The zero-order chi connectivity index (χ0) is 10.4. The van der Waals surface area contributed by atoms with Gasteiger partial charge in [0.1, 0.15) is 5.38 Å². The quantitative estimate of drug-likeness (QED) is 0.641. The van der Waals surface area contributed by atoms with E-state index in [2.05, 4.69) is 32.6 Å². The molecule has 1 atom stereocenters. The minimum Gasteiger partial charge on any atom is -0.298 e. The molecule has 2 nitrogen and oxygen atoms in total. The van der Waals surface area contributed by atoms with E-state index in [-0.39, 0.29) is 5.38 Å². The normalized spacial score (nSPS) is 13.8. The molecule has 0 fully saturated rings. The largest absolute Gasteiger partial charge is 0.298 e. The number of alkyl halides is 1. The highest BCUT2D eigenvalue weighted by molar-refractivity contribution is 6.22. The Morgan fingerprint density at radius 3 is 2.08 bits per heavy atom. The Bertz CT molecular complexity index is 172. The number of nitrogens with zero attached hydrogens (tertiary/aromatic N) is 2. The lowest BCUT2D eigenvalue weighted by Crippen LogP contribution is -2.38. The van der Waals surface area contributed by atoms with Gasteiger partial charge in [0, 0.05) is 19.1 Å². The molecule has 13 heavy (non-hydrogen) atoms. The van der Waals surface area contributed by atoms with E-state index in [1.54, 1.807) is 0 Å². The fourth-order valence-electron chi connectivity index (χ4n) is 1.21. The van der Waals surface area contributed by atoms with E-state index in [0.717, 1.165) is 6.54 Å². The van der Waals surface area contributed by atoms with Crippen molar-refractivity contribution in [1.82, 2.24) is 4.90 Å². The van der Waals surface area contributed by atoms with E-state index in [1.807, 2.05) is 6.07 Å². The van der Waals surface area contributed by atoms with Crippen LogP contribution in [0.4, 0.5) is 0 Å². The summed E-state index contributed by atoms with van der Waals surface area (Å²) in [5.74, 6) is 0.616. The number of nitriles is 1. The Balaban J connectivity index is 4.04. The van der Waals surface area contributed by atoms with Crippen LogP contribution in [0.3, 0.4) is 0 Å². The maximum absolute atomic E-state index is 8.59. The predicted molar refractivity (Wildman–Crippen MR) is 56.8 cm³/mol. The first-order valence-electron chi connectivity index (χ1n) is 4.75. The van der Waals surface area contributed by atoms with Crippen molar-refractivity contribution in [3.8, 4) is 6.07 Å². The molecule has 0 aliphatic carbocycles. The number of rotatable bonds is 5. The zero-order valence-electron chi connectivity index (χ0n) is 8.92. The molecule has 3 heteroatoms. The summed E-state index contributed by atoms with van der Waals surface area (Å²) in [6.45, 7) is 10.3. The Morgan fingerprint density at radius 2 is 1.77 bits per heavy atom. The van der Waals surface area contributed by atoms with E-state index in [9.17, 15) is 0 Å². The van der Waals surface area contributed by atoms with Crippen LogP contribution < -0.4 is 0 Å². The number of halogens is 1. The molecular formula is C10H19ClN2. The third-order valence-electron chi connectivity index (χ3n) is 1.86. The molecule has 0 bridgehead atoms. The van der Waals surface area contributed by atoms with Crippen LogP contribution in [0, 0.1) is 17.2 Å². The van der Waals surface area contributed by atoms with Crippen LogP contribution in [0.25, 0.3) is 0 Å². The second-order valence-electron chi connectivity index (χ2n) is 4.04. The first-order chi connectivity index (χ1) is 5.97. The SMILES string of the molecule is CC(C)CN(CC(Cl)C#N)C(C)C. The lowest BCUT2D eigenvalue weighted by molar-refractivity contribution is 0.203. The van der Waals surface area contributed by atoms with E-state index in [0.29, 0.717) is 18.5 Å². The van der Waals surface area contributed by atoms with Gasteiger partial charge in [-0.2, -0.15) is 5.26 Å². The van der Waals surface area contributed by atoms with Crippen molar-refractivity contribution in [2.75, 3.05) is 13.1 Å². The van der Waals surface area contributed by atoms with Crippen molar-refractivity contribution < 1.29 is 0 Å². The molecule has 0 aliphatic heterocycles. The molecule has 0 N–H and O–H groups in total. The van der Waals surface area contributed by atoms with Gasteiger partial charge in [0.05, 0.1) is 6.07 Å². The lowest BCUT2D eigenvalue weighted by atomic mass is 10.1. The molecule has 0 aliphatic rings. The highest BCUT2D eigenvalue weighted by Gasteiger charge is 2.15. The number of hydrogen-bond acceptors (Lipinski definition) is 2. The Hall–Kier alpha value is -0.260. The summed E-state index contributed by atoms with van der Waals surface area (Å²) in [6.07, 6.45) is 0. The summed E-state index contributed by atoms with van der Waals surface area (Å²) < 4.78 is 0. The second kappa shape index (κ2) is 6.23. The third kappa shape index (κ3) is 5.90. The maximum atomic E-state index is 8.59. The smallest absolute Gasteiger partial charge is 0.133 e. The second-order valence-corrected chi connectivity index (χ2v) is 4.56. The molecule has 0 aromatic rings. The molecule has 0 amide bonds. The molecule has 0 saturated carbocycles. The molecule has 0 spiro atoms. The van der Waals surface area contributed by atoms with Gasteiger partial charge >= 0.3 is 0 Å². The van der Waals surface area contributed by atoms with Crippen molar-refractivity contribution in [3.63, 3.8) is 0 Å². The van der Waals surface area contributed by atoms with Gasteiger partial charge in [-0.15, -0.1) is 11.6 Å². The van der Waals surface area contributed by atoms with E-state index in [1.165, 1.54) is 0 Å². The van der Waals surface area contributed by atoms with Gasteiger partial charge in [-0.05, 0) is 19.8 Å². The Labute approximate surface area is 86.5 Å². The molecule has 0 radical (unpaired) electrons. The van der Waals surface area contributed by atoms with Crippen molar-refractivity contribution in [3.05, 3.63) is 0 Å². The highest BCUT2D eigenvalue weighted by atomic mass is 35.5. The maximum Gasteiger partial charge on any atom is 0.133 e. The average molecular weight is 203 g/mol. The fraction of sp³-hybridized carbons (Fsp3) is 0.900. The van der Waals surface area contributed by atoms with Crippen LogP contribution in [0.15, 0.2) is 0 Å². The summed E-state index contributed by atoms with van der Waals surface area (Å²) in [5.41, 5.74) is 0. The van der Waals surface area contributed by atoms with Gasteiger partial charge < -0.3 is 0 Å². The van der Waals surface area contributed by atoms with Gasteiger partial charge in [0.25, 0.3) is 0 Å². The Kier molecular flexibility index (Phi) is 6.11. The molecule has 1 unspecified atom stereocenters. The lowest BCUT2D eigenvalue weighted by Gasteiger charge is -2.28. The molecule has 0 saturated heterocycles. The fourth-order valence-corrected chi connectivity index (χ4v) is 1.39. The number of hydrogen-bond donors (Lipinski definition) is 0. The minimum atomic E-state index is -0.388. The van der Waals surface area contributed by atoms with Crippen LogP contribution in [0.5, 0.6) is 0 Å². The zero-order valence-corrected chi connectivity index (χ0v) is 9.67. The standard InChI is InChI=1S/C10H19ClN2/c1-8(2)6-13(9(3)4)7-10(11)5-12/h8-10H,6-7H2,1-4H3. The highest BCUT2D eigenvalue weighted by Crippen LogP contribution is 2.07. The molecule has 0 aromatic heterocycles. The molecular weight excluding hydrogens is 184 g/mol. The Morgan fingerprint density at radius 1 is 1.23 bits per heavy atom. The van der Waals surface area contributed by atoms with Gasteiger partial charge in [0.2, 0.25) is 0 Å². The molecule has 0 rings (SSSR count). The van der Waals surface area contributed by atoms with E-state index < -0.39 is 0 Å². The van der Waals surface area contributed by atoms with Gasteiger partial charge in [-0.25, -0.2) is 0 Å². The van der Waals surface area contributed by atoms with Gasteiger partial charge in [-0.1, -0.05) is 13.8 Å². The first-order valence-corrected chi connectivity index (χ1v) is 5.18. The summed E-state index contributed by atoms with van der Waals surface area (Å²) in [5, 5.41) is 8.20. The molecule has 0 aromatic carbocycles. The monoisotopic (exact) mass is 202 g/mol. The summed E-state index contributed by atoms with van der Waals surface area (Å²) in [6, 6.07) is 2.50. The van der Waals surface area contributed by atoms with Crippen molar-refractivity contribution in [2.24, 2.45) is 5.92 Å². The van der Waals surface area contributed by atoms with Crippen LogP contribution in [0.1, 0.15) is 27.7 Å². The van der Waals surface area contributed by atoms with Crippen molar-refractivity contribution in [1.29, 1.82) is 5.26 Å². The van der Waals surface area contributed by atoms with E-state index in [4.69, 9.17) is 16.9 Å². The third-order valence-corrected chi connectivity index (χ3v) is 2.10. The van der Waals surface area contributed by atoms with E-state index >= 15 is 0 Å². The average Bonchev–Trinajstić information content (AvgIpc) is 2.02. The van der Waals surface area contributed by atoms with Crippen LogP contribution >= 0.6 is 11.6 Å². The summed E-state index contributed by atoms with van der Waals surface area (Å²) in [7, 11) is 0. The van der Waals surface area contributed by atoms with Crippen LogP contribution in [-0.4, -0.2) is 29.4 Å². The van der Waals surface area contributed by atoms with Crippen molar-refractivity contribution in [2.45, 2.75) is 39.1 Å². The summed E-state index contributed by atoms with van der Waals surface area (Å²) in [4.78, 5) is 2.24. The van der Waals surface area contributed by atoms with Crippen LogP contribution in [-0.2, 0) is 0 Å². The topological polar surface area (TPSA) is 27.0 Å². The molecule has 76 valence electrons. The van der Waals surface area contributed by atoms with Gasteiger partial charge in [0.15, 0.2) is 0 Å².